The molecule has 0 aliphatic rings. The molecule has 0 radical (unpaired) electrons. The monoisotopic (exact) mass is 250 g/mol. The minimum Gasteiger partial charge on any atom is -0.516 e. The number of rotatable bonds is 2. The fraction of sp³-hybridized carbons (Fsp3) is 0.250. The summed E-state index contributed by atoms with van der Waals surface area (Å²) in [6.45, 7) is 4.00. The lowest BCUT2D eigenvalue weighted by molar-refractivity contribution is -0.134. The van der Waals surface area contributed by atoms with E-state index < -0.39 is 22.5 Å². The van der Waals surface area contributed by atoms with Gasteiger partial charge in [0.1, 0.15) is 0 Å². The summed E-state index contributed by atoms with van der Waals surface area (Å²) in [6.07, 6.45) is 0.750. The Kier molecular flexibility index (Phi) is 20.2. The zero-order valence-corrected chi connectivity index (χ0v) is 9.21. The van der Waals surface area contributed by atoms with E-state index in [2.05, 4.69) is 10.9 Å². The molecule has 0 heterocycles. The molecule has 0 amide bonds. The van der Waals surface area contributed by atoms with Crippen LogP contribution in [-0.4, -0.2) is 26.0 Å². The van der Waals surface area contributed by atoms with Crippen molar-refractivity contribution in [2.75, 3.05) is 0 Å². The van der Waals surface area contributed by atoms with Gasteiger partial charge < -0.3 is 20.0 Å². The molecule has 0 fully saturated rings. The number of aliphatic hydroxyl groups excluding tert-OH is 1. The molecule has 0 saturated carbocycles. The van der Waals surface area contributed by atoms with Gasteiger partial charge in [0.2, 0.25) is 0 Å². The fourth-order valence-corrected chi connectivity index (χ4v) is 0.672. The van der Waals surface area contributed by atoms with Crippen LogP contribution in [0.3, 0.4) is 0 Å². The Bertz CT molecular complexity index is 186. The number of hydrogen-bond acceptors (Lipinski definition) is 5. The molecule has 8 nitrogen and oxygen atoms in total. The highest BCUT2D eigenvalue weighted by molar-refractivity contribution is 7.46. The van der Waals surface area contributed by atoms with Crippen LogP contribution in [0, 0.1) is 0 Å². The van der Waals surface area contributed by atoms with Gasteiger partial charge in [-0.25, -0.2) is 4.31 Å². The molecule has 10 heteroatoms. The summed E-state index contributed by atoms with van der Waals surface area (Å²) in [6, 6.07) is 0. The van der Waals surface area contributed by atoms with Crippen molar-refractivity contribution < 1.29 is 38.2 Å². The van der Waals surface area contributed by atoms with E-state index in [1.165, 1.54) is 0 Å². The van der Waals surface area contributed by atoms with Crippen molar-refractivity contribution in [1.29, 1.82) is 0 Å². The molecule has 0 aliphatic heterocycles. The zero-order chi connectivity index (χ0) is 12.1. The van der Waals surface area contributed by atoms with Crippen molar-refractivity contribution in [3.8, 4) is 0 Å². The Morgan fingerprint density at radius 1 is 1.36 bits per heavy atom. The topological polar surface area (TPSA) is 141 Å². The van der Waals surface area contributed by atoms with E-state index >= 15 is 0 Å². The summed E-state index contributed by atoms with van der Waals surface area (Å²) in [5.74, 6) is -0.833. The largest absolute Gasteiger partial charge is 0.516 e. The fourth-order valence-electron chi connectivity index (χ4n) is 0.0747. The van der Waals surface area contributed by atoms with E-state index in [1.54, 1.807) is 0 Å². The van der Waals surface area contributed by atoms with Crippen molar-refractivity contribution in [3.63, 3.8) is 0 Å². The summed E-state index contributed by atoms with van der Waals surface area (Å²) in [5.41, 5.74) is 0. The van der Waals surface area contributed by atoms with Gasteiger partial charge in [-0.15, -0.1) is 0 Å². The van der Waals surface area contributed by atoms with E-state index in [-0.39, 0.29) is 0 Å². The smallest absolute Gasteiger partial charge is 0.323 e. The highest BCUT2D eigenvalue weighted by Gasteiger charge is 1.93. The Morgan fingerprint density at radius 3 is 1.50 bits per heavy atom. The van der Waals surface area contributed by atoms with Gasteiger partial charge in [0, 0.05) is 6.92 Å². The van der Waals surface area contributed by atoms with Crippen LogP contribution in [0.5, 0.6) is 0 Å². The van der Waals surface area contributed by atoms with Crippen LogP contribution in [0.25, 0.3) is 0 Å². The molecular formula is C4H12O8P2. The molecule has 2 unspecified atom stereocenters. The first kappa shape index (κ1) is 19.0. The summed E-state index contributed by atoms with van der Waals surface area (Å²) in [4.78, 5) is 24.4. The molecular weight excluding hydrogens is 238 g/mol. The van der Waals surface area contributed by atoms with Crippen molar-refractivity contribution in [2.45, 2.75) is 6.92 Å². The Labute approximate surface area is 81.4 Å². The van der Waals surface area contributed by atoms with Crippen LogP contribution in [0.4, 0.5) is 0 Å². The molecule has 0 aromatic rings. The van der Waals surface area contributed by atoms with Crippen LogP contribution in [0.1, 0.15) is 6.92 Å². The second-order valence-corrected chi connectivity index (χ2v) is 3.22. The van der Waals surface area contributed by atoms with Gasteiger partial charge in [0.25, 0.3) is 5.97 Å². The van der Waals surface area contributed by atoms with Crippen LogP contribution in [-0.2, 0) is 18.2 Å². The molecule has 4 N–H and O–H groups in total. The standard InChI is InChI=1S/C2H4O2.C2H4O.H4O5P2/c1-2(3)4;1-2-3;1-6(2)5-7(3)4/h1H3,(H,3,4);2-3H,1H2;6-7H,(H,1,2)(H,3,4). The van der Waals surface area contributed by atoms with E-state index in [4.69, 9.17) is 24.8 Å². The van der Waals surface area contributed by atoms with Crippen molar-refractivity contribution >= 4 is 22.5 Å². The third-order valence-electron chi connectivity index (χ3n) is 0.175. The van der Waals surface area contributed by atoms with Gasteiger partial charge in [-0.3, -0.25) is 13.9 Å². The first-order valence-electron chi connectivity index (χ1n) is 2.86. The van der Waals surface area contributed by atoms with E-state index in [9.17, 15) is 9.13 Å². The predicted molar refractivity (Wildman–Crippen MR) is 49.7 cm³/mol. The van der Waals surface area contributed by atoms with E-state index in [1.807, 2.05) is 0 Å². The van der Waals surface area contributed by atoms with Crippen LogP contribution >= 0.6 is 16.5 Å². The zero-order valence-electron chi connectivity index (χ0n) is 7.21. The molecule has 14 heavy (non-hydrogen) atoms. The lowest BCUT2D eigenvalue weighted by atomic mass is 10.9. The molecule has 86 valence electrons. The van der Waals surface area contributed by atoms with E-state index in [0.717, 1.165) is 13.2 Å². The number of carboxylic acid groups (broad SMARTS) is 1. The highest BCUT2D eigenvalue weighted by Crippen LogP contribution is 2.30. The molecule has 2 atom stereocenters. The predicted octanol–water partition coefficient (Wildman–Crippen LogP) is 0.546. The third-order valence-corrected chi connectivity index (χ3v) is 1.57. The van der Waals surface area contributed by atoms with Gasteiger partial charge in [-0.05, 0) is 0 Å². The molecule has 0 saturated heterocycles. The van der Waals surface area contributed by atoms with Gasteiger partial charge in [0.15, 0.2) is 0 Å². The maximum absolute atomic E-state index is 9.44. The molecule has 0 aliphatic carbocycles. The number of aliphatic hydroxyl groups is 1. The van der Waals surface area contributed by atoms with Gasteiger partial charge in [-0.2, -0.15) is 0 Å². The lowest BCUT2D eigenvalue weighted by Gasteiger charge is -1.86. The van der Waals surface area contributed by atoms with Crippen LogP contribution in [0.15, 0.2) is 12.8 Å². The Morgan fingerprint density at radius 2 is 1.50 bits per heavy atom. The van der Waals surface area contributed by atoms with E-state index in [0.29, 0.717) is 0 Å². The summed E-state index contributed by atoms with van der Waals surface area (Å²) in [7, 11) is -6.40. The molecule has 0 spiro atoms. The number of hydrogen-bond donors (Lipinski definition) is 4. The maximum Gasteiger partial charge on any atom is 0.323 e. The quantitative estimate of drug-likeness (QED) is 0.411. The van der Waals surface area contributed by atoms with Gasteiger partial charge >= 0.3 is 16.5 Å². The van der Waals surface area contributed by atoms with Crippen molar-refractivity contribution in [3.05, 3.63) is 12.8 Å². The average molecular weight is 250 g/mol. The third kappa shape index (κ3) is 108. The SMILES string of the molecule is C=CO.CC(=O)O.O=[PH](O)O[PH](=O)O. The van der Waals surface area contributed by atoms with Gasteiger partial charge in [-0.1, -0.05) is 6.58 Å². The highest BCUT2D eigenvalue weighted by atomic mass is 31.2. The van der Waals surface area contributed by atoms with Crippen molar-refractivity contribution in [2.24, 2.45) is 0 Å². The van der Waals surface area contributed by atoms with Crippen LogP contribution < -0.4 is 0 Å². The van der Waals surface area contributed by atoms with Crippen LogP contribution in [0.2, 0.25) is 0 Å². The van der Waals surface area contributed by atoms with Crippen molar-refractivity contribution in [1.82, 2.24) is 0 Å². The van der Waals surface area contributed by atoms with Gasteiger partial charge in [0.05, 0.1) is 6.26 Å². The molecule has 0 aromatic heterocycles. The maximum atomic E-state index is 9.44. The first-order chi connectivity index (χ1) is 6.27. The Hall–Kier alpha value is -0.650. The molecule has 0 rings (SSSR count). The number of carbonyl (C=O) groups is 1. The number of aliphatic carboxylic acids is 1. The molecule has 0 bridgehead atoms. The summed E-state index contributed by atoms with van der Waals surface area (Å²) < 4.78 is 22.3. The Balaban J connectivity index is -0.000000147. The lowest BCUT2D eigenvalue weighted by Crippen LogP contribution is -1.78. The second-order valence-electron chi connectivity index (χ2n) is 1.34. The normalized spacial score (nSPS) is 11.9. The summed E-state index contributed by atoms with van der Waals surface area (Å²) >= 11 is 0. The minimum absolute atomic E-state index is 0.750. The average Bonchev–Trinajstić information content (AvgIpc) is 1.82. The minimum atomic E-state index is -3.20. The first-order valence-corrected chi connectivity index (χ1v) is 5.39. The second kappa shape index (κ2) is 14.9. The summed E-state index contributed by atoms with van der Waals surface area (Å²) in [5, 5.41) is 14.8. The number of carboxylic acids is 1. The molecule has 0 aromatic carbocycles.